The summed E-state index contributed by atoms with van der Waals surface area (Å²) in [5.74, 6) is -0.300. The smallest absolute Gasteiger partial charge is 0.261 e. The van der Waals surface area contributed by atoms with Crippen molar-refractivity contribution in [2.24, 2.45) is 0 Å². The third kappa shape index (κ3) is 2.40. The lowest BCUT2D eigenvalue weighted by Crippen LogP contribution is -2.13. The lowest BCUT2D eigenvalue weighted by atomic mass is 10.1. The van der Waals surface area contributed by atoms with Gasteiger partial charge in [0.15, 0.2) is 5.65 Å². The van der Waals surface area contributed by atoms with Gasteiger partial charge < -0.3 is 5.32 Å². The van der Waals surface area contributed by atoms with Crippen LogP contribution < -0.4 is 5.32 Å². The zero-order valence-electron chi connectivity index (χ0n) is 12.2. The van der Waals surface area contributed by atoms with Gasteiger partial charge in [0.2, 0.25) is 0 Å². The molecule has 0 radical (unpaired) electrons. The summed E-state index contributed by atoms with van der Waals surface area (Å²) in [5.41, 5.74) is 3.69. The quantitative estimate of drug-likeness (QED) is 0.786. The van der Waals surface area contributed by atoms with E-state index in [1.807, 2.05) is 19.9 Å². The molecular formula is C16H13N5O. The van der Waals surface area contributed by atoms with Crippen molar-refractivity contribution in [1.82, 2.24) is 14.6 Å². The molecule has 2 aromatic heterocycles. The van der Waals surface area contributed by atoms with Crippen LogP contribution in [0.4, 0.5) is 5.69 Å². The summed E-state index contributed by atoms with van der Waals surface area (Å²) < 4.78 is 1.56. The highest BCUT2D eigenvalue weighted by atomic mass is 16.1. The first-order chi connectivity index (χ1) is 10.6. The molecule has 1 aromatic carbocycles. The van der Waals surface area contributed by atoms with Gasteiger partial charge in [0, 0.05) is 17.6 Å². The Morgan fingerprint density at radius 1 is 1.32 bits per heavy atom. The molecule has 2 heterocycles. The van der Waals surface area contributed by atoms with Crippen molar-refractivity contribution in [1.29, 1.82) is 5.26 Å². The van der Waals surface area contributed by atoms with Gasteiger partial charge in [-0.25, -0.2) is 9.50 Å². The van der Waals surface area contributed by atoms with Crippen molar-refractivity contribution in [3.05, 3.63) is 59.0 Å². The van der Waals surface area contributed by atoms with E-state index in [-0.39, 0.29) is 5.91 Å². The Balaban J connectivity index is 1.97. The molecule has 0 fully saturated rings. The fourth-order valence-electron chi connectivity index (χ4n) is 2.14. The second-order valence-corrected chi connectivity index (χ2v) is 4.99. The Labute approximate surface area is 127 Å². The average Bonchev–Trinajstić information content (AvgIpc) is 2.92. The van der Waals surface area contributed by atoms with Crippen LogP contribution in [0.1, 0.15) is 27.2 Å². The number of rotatable bonds is 2. The Bertz CT molecular complexity index is 920. The minimum atomic E-state index is -0.300. The molecule has 0 saturated carbocycles. The summed E-state index contributed by atoms with van der Waals surface area (Å²) in [6.07, 6.45) is 3.25. The van der Waals surface area contributed by atoms with Crippen molar-refractivity contribution in [3.8, 4) is 6.07 Å². The van der Waals surface area contributed by atoms with Crippen molar-refractivity contribution in [3.63, 3.8) is 0 Å². The zero-order valence-corrected chi connectivity index (χ0v) is 12.2. The van der Waals surface area contributed by atoms with Gasteiger partial charge in [-0.05, 0) is 37.6 Å². The number of benzene rings is 1. The number of aryl methyl sites for hydroxylation is 2. The van der Waals surface area contributed by atoms with Crippen LogP contribution in [-0.2, 0) is 0 Å². The zero-order chi connectivity index (χ0) is 15.7. The summed E-state index contributed by atoms with van der Waals surface area (Å²) in [6, 6.07) is 9.04. The van der Waals surface area contributed by atoms with E-state index < -0.39 is 0 Å². The molecule has 0 unspecified atom stereocenters. The number of carbonyl (C=O) groups is 1. The first-order valence-corrected chi connectivity index (χ1v) is 6.71. The van der Waals surface area contributed by atoms with Crippen molar-refractivity contribution >= 4 is 17.2 Å². The monoisotopic (exact) mass is 291 g/mol. The number of aromatic nitrogens is 3. The molecule has 1 amide bonds. The van der Waals surface area contributed by atoms with Crippen LogP contribution >= 0.6 is 0 Å². The highest BCUT2D eigenvalue weighted by Crippen LogP contribution is 2.18. The topological polar surface area (TPSA) is 83.1 Å². The number of nitrogens with zero attached hydrogens (tertiary/aromatic N) is 4. The van der Waals surface area contributed by atoms with Gasteiger partial charge in [0.05, 0.1) is 17.8 Å². The molecule has 108 valence electrons. The Morgan fingerprint density at radius 2 is 2.14 bits per heavy atom. The van der Waals surface area contributed by atoms with Crippen molar-refractivity contribution in [2.45, 2.75) is 13.8 Å². The van der Waals surface area contributed by atoms with Gasteiger partial charge in [-0.2, -0.15) is 10.4 Å². The molecule has 3 aromatic rings. The molecule has 3 rings (SSSR count). The normalized spacial score (nSPS) is 10.4. The highest BCUT2D eigenvalue weighted by molar-refractivity contribution is 6.08. The molecule has 0 saturated heterocycles. The van der Waals surface area contributed by atoms with Crippen LogP contribution in [0.3, 0.4) is 0 Å². The number of anilines is 1. The predicted molar refractivity (Wildman–Crippen MR) is 81.6 cm³/mol. The van der Waals surface area contributed by atoms with E-state index >= 15 is 0 Å². The summed E-state index contributed by atoms with van der Waals surface area (Å²) in [6.45, 7) is 3.73. The minimum Gasteiger partial charge on any atom is -0.322 e. The van der Waals surface area contributed by atoms with E-state index in [1.165, 1.54) is 6.20 Å². The Kier molecular flexibility index (Phi) is 3.31. The number of hydrogen-bond donors (Lipinski definition) is 1. The second kappa shape index (κ2) is 5.30. The first-order valence-electron chi connectivity index (χ1n) is 6.71. The number of hydrogen-bond acceptors (Lipinski definition) is 4. The number of nitrogens with one attached hydrogen (secondary N) is 1. The van der Waals surface area contributed by atoms with Gasteiger partial charge in [0.1, 0.15) is 5.56 Å². The summed E-state index contributed by atoms with van der Waals surface area (Å²) in [7, 11) is 0. The van der Waals surface area contributed by atoms with E-state index in [0.717, 1.165) is 11.3 Å². The lowest BCUT2D eigenvalue weighted by Gasteiger charge is -2.08. The number of nitriles is 1. The molecule has 6 heteroatoms. The van der Waals surface area contributed by atoms with E-state index in [9.17, 15) is 4.79 Å². The molecule has 22 heavy (non-hydrogen) atoms. The fourth-order valence-corrected chi connectivity index (χ4v) is 2.14. The lowest BCUT2D eigenvalue weighted by molar-refractivity contribution is 0.102. The summed E-state index contributed by atoms with van der Waals surface area (Å²) in [4.78, 5) is 16.8. The second-order valence-electron chi connectivity index (χ2n) is 4.99. The number of carbonyl (C=O) groups excluding carboxylic acids is 1. The highest BCUT2D eigenvalue weighted by Gasteiger charge is 2.15. The van der Waals surface area contributed by atoms with Gasteiger partial charge >= 0.3 is 0 Å². The molecule has 0 spiro atoms. The van der Waals surface area contributed by atoms with E-state index in [0.29, 0.717) is 22.5 Å². The van der Waals surface area contributed by atoms with E-state index in [1.54, 1.807) is 28.9 Å². The van der Waals surface area contributed by atoms with Crippen LogP contribution in [0.15, 0.2) is 36.7 Å². The SMILES string of the molecule is Cc1ccn2ncc(C(=O)Nc3cc(C#N)ccc3C)c2n1. The standard InChI is InChI=1S/C16H13N5O/c1-10-3-4-12(8-17)7-14(10)20-16(22)13-9-18-21-6-5-11(2)19-15(13)21/h3-7,9H,1-2H3,(H,20,22). The molecular weight excluding hydrogens is 278 g/mol. The summed E-state index contributed by atoms with van der Waals surface area (Å²) in [5, 5.41) is 15.9. The van der Waals surface area contributed by atoms with Crippen LogP contribution in [0, 0.1) is 25.2 Å². The molecule has 0 bridgehead atoms. The van der Waals surface area contributed by atoms with Gasteiger partial charge in [-0.1, -0.05) is 6.07 Å². The maximum absolute atomic E-state index is 12.5. The van der Waals surface area contributed by atoms with Gasteiger partial charge in [-0.3, -0.25) is 4.79 Å². The molecule has 0 aliphatic rings. The molecule has 0 atom stereocenters. The van der Waals surface area contributed by atoms with Gasteiger partial charge in [0.25, 0.3) is 5.91 Å². The maximum atomic E-state index is 12.5. The summed E-state index contributed by atoms with van der Waals surface area (Å²) >= 11 is 0. The first kappa shape index (κ1) is 13.8. The number of fused-ring (bicyclic) bond motifs is 1. The van der Waals surface area contributed by atoms with Crippen LogP contribution in [0.25, 0.3) is 5.65 Å². The Hall–Kier alpha value is -3.20. The van der Waals surface area contributed by atoms with E-state index in [4.69, 9.17) is 5.26 Å². The van der Waals surface area contributed by atoms with Gasteiger partial charge in [-0.15, -0.1) is 0 Å². The van der Waals surface area contributed by atoms with Crippen LogP contribution in [0.5, 0.6) is 0 Å². The third-order valence-corrected chi connectivity index (χ3v) is 3.37. The van der Waals surface area contributed by atoms with Crippen LogP contribution in [-0.4, -0.2) is 20.5 Å². The van der Waals surface area contributed by atoms with E-state index in [2.05, 4.69) is 21.5 Å². The van der Waals surface area contributed by atoms with Crippen LogP contribution in [0.2, 0.25) is 0 Å². The average molecular weight is 291 g/mol. The molecule has 0 aliphatic heterocycles. The Morgan fingerprint density at radius 3 is 2.91 bits per heavy atom. The molecule has 6 nitrogen and oxygen atoms in total. The van der Waals surface area contributed by atoms with Crippen molar-refractivity contribution in [2.75, 3.05) is 5.32 Å². The molecule has 1 N–H and O–H groups in total. The van der Waals surface area contributed by atoms with Crippen molar-refractivity contribution < 1.29 is 4.79 Å². The predicted octanol–water partition coefficient (Wildman–Crippen LogP) is 2.47. The number of amides is 1. The third-order valence-electron chi connectivity index (χ3n) is 3.37. The maximum Gasteiger partial charge on any atom is 0.261 e. The molecule has 0 aliphatic carbocycles. The fraction of sp³-hybridized carbons (Fsp3) is 0.125. The minimum absolute atomic E-state index is 0.300. The largest absolute Gasteiger partial charge is 0.322 e.